The topological polar surface area (TPSA) is 44.1 Å². The zero-order valence-corrected chi connectivity index (χ0v) is 12.4. The van der Waals surface area contributed by atoms with Crippen LogP contribution >= 0.6 is 0 Å². The highest BCUT2D eigenvalue weighted by Crippen LogP contribution is 2.44. The number of nitrogens with zero attached hydrogens (tertiary/aromatic N) is 2. The van der Waals surface area contributed by atoms with Crippen LogP contribution in [0.2, 0.25) is 0 Å². The minimum atomic E-state index is -5.22. The van der Waals surface area contributed by atoms with E-state index in [2.05, 4.69) is 5.10 Å². The summed E-state index contributed by atoms with van der Waals surface area (Å²) in [5, 5.41) is 3.75. The third kappa shape index (κ3) is 3.06. The molecule has 0 fully saturated rings. The number of benzene rings is 1. The molecule has 1 aromatic heterocycles. The van der Waals surface area contributed by atoms with Crippen molar-refractivity contribution in [2.24, 2.45) is 0 Å². The first-order valence-electron chi connectivity index (χ1n) is 6.76. The Labute approximate surface area is 129 Å². The van der Waals surface area contributed by atoms with E-state index in [1.54, 1.807) is 18.2 Å². The van der Waals surface area contributed by atoms with Gasteiger partial charge in [0.05, 0.1) is 18.5 Å². The minimum Gasteiger partial charge on any atom is -0.462 e. The molecule has 1 unspecified atom stereocenters. The predicted molar refractivity (Wildman–Crippen MR) is 74.0 cm³/mol. The highest BCUT2D eigenvalue weighted by Gasteiger charge is 2.57. The standard InChI is InChI=1S/C15H14F4N2O2/c1-3-23-13(22)11-9-20-21(10-7-5-4-6-8-10)12(11)14(2,16)15(17,18)19/h4-9H,3H2,1-2H3. The summed E-state index contributed by atoms with van der Waals surface area (Å²) >= 11 is 0. The predicted octanol–water partition coefficient (Wildman–Crippen LogP) is 3.80. The molecule has 0 aliphatic carbocycles. The molecule has 0 aliphatic rings. The highest BCUT2D eigenvalue weighted by atomic mass is 19.4. The number of carbonyl (C=O) groups excluding carboxylic acids is 1. The van der Waals surface area contributed by atoms with E-state index in [-0.39, 0.29) is 12.3 Å². The lowest BCUT2D eigenvalue weighted by atomic mass is 9.99. The Morgan fingerprint density at radius 2 is 1.83 bits per heavy atom. The molecule has 4 nitrogen and oxygen atoms in total. The molecule has 0 bridgehead atoms. The van der Waals surface area contributed by atoms with E-state index in [1.165, 1.54) is 19.1 Å². The number of hydrogen-bond donors (Lipinski definition) is 0. The van der Waals surface area contributed by atoms with Gasteiger partial charge in [-0.2, -0.15) is 18.3 Å². The van der Waals surface area contributed by atoms with Gasteiger partial charge in [-0.1, -0.05) is 18.2 Å². The smallest absolute Gasteiger partial charge is 0.428 e. The van der Waals surface area contributed by atoms with Gasteiger partial charge in [0.25, 0.3) is 0 Å². The van der Waals surface area contributed by atoms with Crippen LogP contribution in [0.5, 0.6) is 0 Å². The average Bonchev–Trinajstić information content (AvgIpc) is 2.92. The van der Waals surface area contributed by atoms with Crippen molar-refractivity contribution < 1.29 is 27.1 Å². The van der Waals surface area contributed by atoms with Crippen LogP contribution in [0.3, 0.4) is 0 Å². The van der Waals surface area contributed by atoms with Crippen molar-refractivity contribution in [1.82, 2.24) is 9.78 Å². The van der Waals surface area contributed by atoms with Crippen molar-refractivity contribution in [2.75, 3.05) is 6.61 Å². The van der Waals surface area contributed by atoms with E-state index in [9.17, 15) is 22.4 Å². The molecular formula is C15H14F4N2O2. The maximum Gasteiger partial charge on any atom is 0.428 e. The van der Waals surface area contributed by atoms with Crippen LogP contribution in [-0.2, 0) is 10.4 Å². The maximum absolute atomic E-state index is 14.6. The van der Waals surface area contributed by atoms with Crippen molar-refractivity contribution in [2.45, 2.75) is 25.7 Å². The Morgan fingerprint density at radius 1 is 1.22 bits per heavy atom. The third-order valence-electron chi connectivity index (χ3n) is 3.24. The van der Waals surface area contributed by atoms with E-state index >= 15 is 0 Å². The van der Waals surface area contributed by atoms with Gasteiger partial charge in [-0.15, -0.1) is 0 Å². The summed E-state index contributed by atoms with van der Waals surface area (Å²) in [4.78, 5) is 11.9. The molecule has 0 amide bonds. The van der Waals surface area contributed by atoms with E-state index in [0.29, 0.717) is 6.92 Å². The molecule has 1 heterocycles. The summed E-state index contributed by atoms with van der Waals surface area (Å²) in [6, 6.07) is 7.69. The minimum absolute atomic E-state index is 0.0518. The Balaban J connectivity index is 2.69. The molecule has 0 aliphatic heterocycles. The lowest BCUT2D eigenvalue weighted by Crippen LogP contribution is -2.38. The highest BCUT2D eigenvalue weighted by molar-refractivity contribution is 5.91. The monoisotopic (exact) mass is 330 g/mol. The number of aromatic nitrogens is 2. The van der Waals surface area contributed by atoms with E-state index in [1.807, 2.05) is 0 Å². The van der Waals surface area contributed by atoms with Crippen LogP contribution in [0.25, 0.3) is 5.69 Å². The Kier molecular flexibility index (Phi) is 4.44. The fourth-order valence-corrected chi connectivity index (χ4v) is 2.06. The van der Waals surface area contributed by atoms with Crippen molar-refractivity contribution in [3.05, 3.63) is 47.8 Å². The number of carbonyl (C=O) groups is 1. The van der Waals surface area contributed by atoms with Crippen molar-refractivity contribution >= 4 is 5.97 Å². The zero-order chi connectivity index (χ0) is 17.3. The van der Waals surface area contributed by atoms with Gasteiger partial charge in [0.1, 0.15) is 11.3 Å². The van der Waals surface area contributed by atoms with Gasteiger partial charge >= 0.3 is 12.1 Å². The molecule has 23 heavy (non-hydrogen) atoms. The van der Waals surface area contributed by atoms with Gasteiger partial charge < -0.3 is 4.74 Å². The van der Waals surface area contributed by atoms with Gasteiger partial charge in [0, 0.05) is 0 Å². The summed E-state index contributed by atoms with van der Waals surface area (Å²) < 4.78 is 59.5. The molecule has 8 heteroatoms. The largest absolute Gasteiger partial charge is 0.462 e. The van der Waals surface area contributed by atoms with Crippen molar-refractivity contribution in [1.29, 1.82) is 0 Å². The SMILES string of the molecule is CCOC(=O)c1cnn(-c2ccccc2)c1C(C)(F)C(F)(F)F. The number of hydrogen-bond acceptors (Lipinski definition) is 3. The molecule has 0 N–H and O–H groups in total. The quantitative estimate of drug-likeness (QED) is 0.633. The fourth-order valence-electron chi connectivity index (χ4n) is 2.06. The molecule has 1 atom stereocenters. The molecule has 124 valence electrons. The number of alkyl halides is 4. The third-order valence-corrected chi connectivity index (χ3v) is 3.24. The van der Waals surface area contributed by atoms with Crippen LogP contribution in [0, 0.1) is 0 Å². The second-order valence-electron chi connectivity index (χ2n) is 4.88. The van der Waals surface area contributed by atoms with Gasteiger partial charge in [0.15, 0.2) is 0 Å². The van der Waals surface area contributed by atoms with Crippen molar-refractivity contribution in [3.63, 3.8) is 0 Å². The van der Waals surface area contributed by atoms with Gasteiger partial charge in [-0.25, -0.2) is 13.9 Å². The van der Waals surface area contributed by atoms with Gasteiger partial charge in [-0.05, 0) is 26.0 Å². The maximum atomic E-state index is 14.6. The first-order valence-corrected chi connectivity index (χ1v) is 6.76. The van der Waals surface area contributed by atoms with Crippen LogP contribution in [-0.4, -0.2) is 28.5 Å². The molecule has 1 aromatic carbocycles. The summed E-state index contributed by atoms with van der Waals surface area (Å²) in [6.45, 7) is 1.80. The first kappa shape index (κ1) is 17.0. The zero-order valence-electron chi connectivity index (χ0n) is 12.4. The molecular weight excluding hydrogens is 316 g/mol. The normalized spacial score (nSPS) is 14.3. The fraction of sp³-hybridized carbons (Fsp3) is 0.333. The molecule has 0 saturated heterocycles. The molecule has 0 spiro atoms. The van der Waals surface area contributed by atoms with E-state index in [4.69, 9.17) is 4.74 Å². The molecule has 0 radical (unpaired) electrons. The Morgan fingerprint density at radius 3 is 2.35 bits per heavy atom. The lowest BCUT2D eigenvalue weighted by Gasteiger charge is -2.25. The summed E-state index contributed by atoms with van der Waals surface area (Å²) in [5.41, 5.74) is -5.04. The van der Waals surface area contributed by atoms with E-state index in [0.717, 1.165) is 10.9 Å². The summed E-state index contributed by atoms with van der Waals surface area (Å²) in [5.74, 6) is -1.06. The Hall–Kier alpha value is -2.38. The lowest BCUT2D eigenvalue weighted by molar-refractivity contribution is -0.230. The first-order chi connectivity index (χ1) is 10.7. The second-order valence-corrected chi connectivity index (χ2v) is 4.88. The number of rotatable bonds is 4. The molecule has 2 rings (SSSR count). The van der Waals surface area contributed by atoms with Crippen molar-refractivity contribution in [3.8, 4) is 5.69 Å². The number of ether oxygens (including phenoxy) is 1. The van der Waals surface area contributed by atoms with Gasteiger partial charge in [-0.3, -0.25) is 0 Å². The van der Waals surface area contributed by atoms with Crippen LogP contribution in [0.4, 0.5) is 17.6 Å². The second kappa shape index (κ2) is 6.02. The number of halogens is 4. The molecule has 2 aromatic rings. The summed E-state index contributed by atoms with van der Waals surface area (Å²) in [6.07, 6.45) is -4.34. The van der Waals surface area contributed by atoms with Crippen LogP contribution in [0.1, 0.15) is 29.9 Å². The Bertz CT molecular complexity index is 693. The molecule has 0 saturated carbocycles. The summed E-state index contributed by atoms with van der Waals surface area (Å²) in [7, 11) is 0. The number of esters is 1. The average molecular weight is 330 g/mol. The van der Waals surface area contributed by atoms with Crippen LogP contribution < -0.4 is 0 Å². The van der Waals surface area contributed by atoms with Gasteiger partial charge in [0.2, 0.25) is 5.67 Å². The van der Waals surface area contributed by atoms with E-state index < -0.39 is 29.1 Å². The number of para-hydroxylation sites is 1. The van der Waals surface area contributed by atoms with Crippen LogP contribution in [0.15, 0.2) is 36.5 Å².